The van der Waals surface area contributed by atoms with E-state index in [2.05, 4.69) is 10.2 Å². The number of nitrogens with zero attached hydrogens (tertiary/aromatic N) is 4. The Bertz CT molecular complexity index is 999. The average Bonchev–Trinajstić information content (AvgIpc) is 3.19. The molecule has 0 saturated carbocycles. The molecule has 8 heteroatoms. The van der Waals surface area contributed by atoms with Crippen molar-refractivity contribution in [2.75, 3.05) is 0 Å². The first kappa shape index (κ1) is 15.3. The van der Waals surface area contributed by atoms with Gasteiger partial charge >= 0.3 is 149 Å². The van der Waals surface area contributed by atoms with Crippen molar-refractivity contribution in [3.05, 3.63) is 69.4 Å². The van der Waals surface area contributed by atoms with Gasteiger partial charge in [0.15, 0.2) is 0 Å². The van der Waals surface area contributed by atoms with Gasteiger partial charge in [-0.15, -0.1) is 0 Å². The summed E-state index contributed by atoms with van der Waals surface area (Å²) in [5, 5.41) is 25.6. The molecule has 2 N–H and O–H groups in total. The quantitative estimate of drug-likeness (QED) is 0.457. The Kier molecular flexibility index (Phi) is 4.04. The van der Waals surface area contributed by atoms with E-state index in [9.17, 15) is 0 Å². The molecule has 0 fully saturated rings. The zero-order chi connectivity index (χ0) is 16.5. The van der Waals surface area contributed by atoms with Crippen LogP contribution in [0.15, 0.2) is 60.7 Å². The van der Waals surface area contributed by atoms with E-state index in [4.69, 9.17) is 10.8 Å². The predicted octanol–water partition coefficient (Wildman–Crippen LogP) is 0.798. The number of hydrogen-bond donors (Lipinski definition) is 2. The maximum absolute atomic E-state index is 8.23. The van der Waals surface area contributed by atoms with Crippen LogP contribution in [0.4, 0.5) is 0 Å². The molecule has 0 saturated heterocycles. The van der Waals surface area contributed by atoms with Gasteiger partial charge in [-0.2, -0.15) is 0 Å². The second kappa shape index (κ2) is 6.34. The molecule has 118 valence electrons. The molecule has 0 radical (unpaired) electrons. The van der Waals surface area contributed by atoms with Gasteiger partial charge in [0, 0.05) is 0 Å². The Labute approximate surface area is 149 Å². The first-order valence-corrected chi connectivity index (χ1v) is 10.6. The minimum atomic E-state index is -0.177. The molecule has 4 aromatic rings. The summed E-state index contributed by atoms with van der Waals surface area (Å²) in [5.41, 5.74) is 1.78. The third-order valence-electron chi connectivity index (χ3n) is 3.34. The van der Waals surface area contributed by atoms with Gasteiger partial charge in [0.2, 0.25) is 0 Å². The molecule has 0 aliphatic rings. The molecule has 2 heterocycles. The van der Waals surface area contributed by atoms with Crippen LogP contribution in [0.2, 0.25) is 0 Å². The normalized spacial score (nSPS) is 10.8. The predicted molar refractivity (Wildman–Crippen MR) is 91.7 cm³/mol. The zero-order valence-corrected chi connectivity index (χ0v) is 15.8. The SMILES string of the molecule is N=c1[se]c(-c2nn(-c3ccccc3)c(=N)[se]2)nn1-c1ccccc1. The number of rotatable bonds is 3. The first-order chi connectivity index (χ1) is 11.7. The van der Waals surface area contributed by atoms with Crippen LogP contribution in [-0.2, 0) is 0 Å². The van der Waals surface area contributed by atoms with Gasteiger partial charge in [-0.3, -0.25) is 0 Å². The van der Waals surface area contributed by atoms with Crippen molar-refractivity contribution >= 4 is 29.0 Å². The summed E-state index contributed by atoms with van der Waals surface area (Å²) in [5.74, 6) is 0. The molecule has 0 aliphatic heterocycles. The molecule has 2 aromatic heterocycles. The number of hydrogen-bond acceptors (Lipinski definition) is 4. The van der Waals surface area contributed by atoms with Gasteiger partial charge in [0.1, 0.15) is 0 Å². The summed E-state index contributed by atoms with van der Waals surface area (Å²) in [6, 6.07) is 19.4. The fourth-order valence-electron chi connectivity index (χ4n) is 2.24. The Morgan fingerprint density at radius 2 is 1.00 bits per heavy atom. The summed E-state index contributed by atoms with van der Waals surface area (Å²) < 4.78 is 6.02. The summed E-state index contributed by atoms with van der Waals surface area (Å²) in [6.45, 7) is 0. The van der Waals surface area contributed by atoms with Crippen molar-refractivity contribution in [2.45, 2.75) is 0 Å². The standard InChI is InChI=1S/C16H12N6Se2/c17-15-21(11-7-3-1-4-8-11)19-13(23-15)14-20-22(16(18)24-14)12-9-5-2-6-10-12/h1-10,17-18H. The third-order valence-corrected chi connectivity index (χ3v) is 7.49. The van der Waals surface area contributed by atoms with Crippen LogP contribution in [0.1, 0.15) is 0 Å². The van der Waals surface area contributed by atoms with Crippen molar-refractivity contribution in [1.29, 1.82) is 10.8 Å². The molecule has 24 heavy (non-hydrogen) atoms. The topological polar surface area (TPSA) is 83.3 Å². The molecular weight excluding hydrogens is 434 g/mol. The Balaban J connectivity index is 1.79. The van der Waals surface area contributed by atoms with Gasteiger partial charge in [0.05, 0.1) is 0 Å². The Morgan fingerprint density at radius 3 is 1.38 bits per heavy atom. The van der Waals surface area contributed by atoms with Crippen LogP contribution in [0.3, 0.4) is 0 Å². The van der Waals surface area contributed by atoms with Crippen molar-refractivity contribution < 1.29 is 0 Å². The zero-order valence-electron chi connectivity index (χ0n) is 12.4. The van der Waals surface area contributed by atoms with Crippen LogP contribution >= 0.6 is 0 Å². The molecule has 2 aromatic carbocycles. The monoisotopic (exact) mass is 448 g/mol. The average molecular weight is 446 g/mol. The number of nitrogens with one attached hydrogen (secondary N) is 2. The second-order valence-electron chi connectivity index (χ2n) is 4.92. The van der Waals surface area contributed by atoms with E-state index in [0.717, 1.165) is 20.5 Å². The molecular formula is C16H12N6Se2. The van der Waals surface area contributed by atoms with Gasteiger partial charge in [-0.05, 0) is 0 Å². The molecule has 4 rings (SSSR count). The molecule has 6 nitrogen and oxygen atoms in total. The fourth-order valence-corrected chi connectivity index (χ4v) is 5.95. The van der Waals surface area contributed by atoms with Crippen LogP contribution in [0.5, 0.6) is 0 Å². The Hall–Kier alpha value is -2.24. The summed E-state index contributed by atoms with van der Waals surface area (Å²) in [7, 11) is 0. The van der Waals surface area contributed by atoms with E-state index < -0.39 is 0 Å². The van der Waals surface area contributed by atoms with Gasteiger partial charge in [-0.25, -0.2) is 0 Å². The fraction of sp³-hybridized carbons (Fsp3) is 0. The maximum atomic E-state index is 8.23. The Morgan fingerprint density at radius 1 is 0.625 bits per heavy atom. The van der Waals surface area contributed by atoms with Gasteiger partial charge in [0.25, 0.3) is 0 Å². The second-order valence-corrected chi connectivity index (χ2v) is 9.02. The van der Waals surface area contributed by atoms with Gasteiger partial charge < -0.3 is 0 Å². The van der Waals surface area contributed by atoms with E-state index in [-0.39, 0.29) is 29.0 Å². The van der Waals surface area contributed by atoms with Crippen molar-refractivity contribution in [1.82, 2.24) is 19.6 Å². The van der Waals surface area contributed by atoms with E-state index in [1.54, 1.807) is 9.36 Å². The third kappa shape index (κ3) is 2.81. The van der Waals surface area contributed by atoms with Crippen molar-refractivity contribution in [3.8, 4) is 20.5 Å². The number of aromatic nitrogens is 4. The molecule has 0 bridgehead atoms. The van der Waals surface area contributed by atoms with Crippen LogP contribution in [-0.4, -0.2) is 48.6 Å². The van der Waals surface area contributed by atoms with Crippen molar-refractivity contribution in [2.24, 2.45) is 0 Å². The molecule has 0 unspecified atom stereocenters. The molecule has 0 atom stereocenters. The molecule has 0 amide bonds. The number of benzene rings is 2. The van der Waals surface area contributed by atoms with Crippen LogP contribution in [0.25, 0.3) is 20.5 Å². The van der Waals surface area contributed by atoms with Crippen molar-refractivity contribution in [3.63, 3.8) is 0 Å². The van der Waals surface area contributed by atoms with Gasteiger partial charge in [-0.1, -0.05) is 0 Å². The number of para-hydroxylation sites is 2. The summed E-state index contributed by atoms with van der Waals surface area (Å²) >= 11 is -0.354. The van der Waals surface area contributed by atoms with E-state index in [1.807, 2.05) is 60.7 Å². The van der Waals surface area contributed by atoms with E-state index in [1.165, 1.54) is 0 Å². The van der Waals surface area contributed by atoms with Crippen LogP contribution < -0.4 is 8.72 Å². The first-order valence-electron chi connectivity index (χ1n) is 7.13. The summed E-state index contributed by atoms with van der Waals surface area (Å²) in [6.07, 6.45) is 0. The minimum absolute atomic E-state index is 0.177. The molecule has 0 spiro atoms. The van der Waals surface area contributed by atoms with E-state index >= 15 is 0 Å². The van der Waals surface area contributed by atoms with E-state index in [0.29, 0.717) is 8.72 Å². The van der Waals surface area contributed by atoms with Crippen LogP contribution in [0, 0.1) is 10.8 Å². The molecule has 0 aliphatic carbocycles. The summed E-state index contributed by atoms with van der Waals surface area (Å²) in [4.78, 5) is 0.